The van der Waals surface area contributed by atoms with E-state index in [0.29, 0.717) is 0 Å². The molecule has 1 heterocycles. The minimum absolute atomic E-state index is 0.0362. The Bertz CT molecular complexity index is 622. The smallest absolute Gasteiger partial charge is 0.258 e. The third-order valence-corrected chi connectivity index (χ3v) is 3.67. The van der Waals surface area contributed by atoms with Crippen LogP contribution in [0.5, 0.6) is 5.75 Å². The van der Waals surface area contributed by atoms with Gasteiger partial charge >= 0.3 is 0 Å². The molecule has 1 aliphatic heterocycles. The number of carbonyl (C=O) groups is 3. The molecule has 2 rings (SSSR count). The highest BCUT2D eigenvalue weighted by Gasteiger charge is 2.38. The normalized spacial score (nSPS) is 20.2. The Balaban J connectivity index is 1.92. The second-order valence-electron chi connectivity index (χ2n) is 5.33. The molecular weight excluding hydrogens is 305 g/mol. The van der Waals surface area contributed by atoms with Crippen LogP contribution in [0.15, 0.2) is 24.3 Å². The average molecular weight is 323 g/mol. The van der Waals surface area contributed by atoms with Gasteiger partial charge in [0, 0.05) is 20.0 Å². The Kier molecular flexibility index (Phi) is 5.15. The van der Waals surface area contributed by atoms with Crippen LogP contribution in [-0.4, -0.2) is 48.4 Å². The zero-order valence-corrected chi connectivity index (χ0v) is 12.6. The maximum Gasteiger partial charge on any atom is 0.258 e. The molecule has 8 heteroatoms. The molecule has 2 atom stereocenters. The summed E-state index contributed by atoms with van der Waals surface area (Å²) in [5.74, 6) is -2.57. The number of benzene rings is 1. The Labute approximate surface area is 132 Å². The van der Waals surface area contributed by atoms with E-state index in [0.717, 1.165) is 0 Å². The van der Waals surface area contributed by atoms with Gasteiger partial charge in [0.1, 0.15) is 0 Å². The predicted octanol–water partition coefficient (Wildman–Crippen LogP) is -0.347. The molecule has 0 aliphatic carbocycles. The summed E-state index contributed by atoms with van der Waals surface area (Å²) in [5, 5.41) is 2.60. The van der Waals surface area contributed by atoms with Crippen LogP contribution in [0.2, 0.25) is 0 Å². The molecular formula is C15H18FN3O4. The summed E-state index contributed by atoms with van der Waals surface area (Å²) in [4.78, 5) is 36.2. The standard InChI is InChI=1S/C15H18FN3O4/c1-9(20)19-6-10(15(17)22)12(7-19)18-14(21)8-23-13-5-3-2-4-11(13)16/h2-5,10,12H,6-8H2,1H3,(H2,17,22)(H,18,21)/t10-,12+/m1/s1. The first-order valence-corrected chi connectivity index (χ1v) is 7.10. The number of nitrogens with two attached hydrogens (primary N) is 1. The van der Waals surface area contributed by atoms with Crippen LogP contribution in [0.4, 0.5) is 4.39 Å². The number of primary amides is 1. The highest BCUT2D eigenvalue weighted by molar-refractivity contribution is 5.83. The number of rotatable bonds is 5. The van der Waals surface area contributed by atoms with Crippen molar-refractivity contribution in [3.8, 4) is 5.75 Å². The molecule has 1 fully saturated rings. The number of ether oxygens (including phenoxy) is 1. The number of hydrogen-bond acceptors (Lipinski definition) is 4. The van der Waals surface area contributed by atoms with Crippen molar-refractivity contribution < 1.29 is 23.5 Å². The first-order chi connectivity index (χ1) is 10.9. The number of halogens is 1. The van der Waals surface area contributed by atoms with E-state index in [-0.39, 0.29) is 24.7 Å². The Hall–Kier alpha value is -2.64. The number of carbonyl (C=O) groups excluding carboxylic acids is 3. The lowest BCUT2D eigenvalue weighted by Gasteiger charge is -2.17. The lowest BCUT2D eigenvalue weighted by molar-refractivity contribution is -0.128. The van der Waals surface area contributed by atoms with E-state index in [9.17, 15) is 18.8 Å². The Morgan fingerprint density at radius 2 is 2.04 bits per heavy atom. The zero-order chi connectivity index (χ0) is 17.0. The third kappa shape index (κ3) is 4.18. The van der Waals surface area contributed by atoms with E-state index in [4.69, 9.17) is 10.5 Å². The predicted molar refractivity (Wildman–Crippen MR) is 78.8 cm³/mol. The Morgan fingerprint density at radius 1 is 1.35 bits per heavy atom. The summed E-state index contributed by atoms with van der Waals surface area (Å²) in [6, 6.07) is 5.14. The van der Waals surface area contributed by atoms with Crippen molar-refractivity contribution in [1.82, 2.24) is 10.2 Å². The zero-order valence-electron chi connectivity index (χ0n) is 12.6. The van der Waals surface area contributed by atoms with Crippen molar-refractivity contribution in [1.29, 1.82) is 0 Å². The fourth-order valence-corrected chi connectivity index (χ4v) is 2.45. The van der Waals surface area contributed by atoms with Gasteiger partial charge in [0.25, 0.3) is 5.91 Å². The van der Waals surface area contributed by atoms with Crippen molar-refractivity contribution in [3.05, 3.63) is 30.1 Å². The maximum atomic E-state index is 13.4. The van der Waals surface area contributed by atoms with Crippen LogP contribution in [-0.2, 0) is 14.4 Å². The summed E-state index contributed by atoms with van der Waals surface area (Å²) >= 11 is 0. The molecule has 0 aromatic heterocycles. The number of nitrogens with zero attached hydrogens (tertiary/aromatic N) is 1. The minimum Gasteiger partial charge on any atom is -0.481 e. The van der Waals surface area contributed by atoms with Crippen molar-refractivity contribution >= 4 is 17.7 Å². The fourth-order valence-electron chi connectivity index (χ4n) is 2.45. The maximum absolute atomic E-state index is 13.4. The van der Waals surface area contributed by atoms with Gasteiger partial charge in [-0.1, -0.05) is 12.1 Å². The van der Waals surface area contributed by atoms with Crippen molar-refractivity contribution in [2.75, 3.05) is 19.7 Å². The molecule has 0 bridgehead atoms. The monoisotopic (exact) mass is 323 g/mol. The van der Waals surface area contributed by atoms with E-state index in [1.54, 1.807) is 6.07 Å². The van der Waals surface area contributed by atoms with Gasteiger partial charge in [-0.15, -0.1) is 0 Å². The molecule has 1 aromatic carbocycles. The lowest BCUT2D eigenvalue weighted by Crippen LogP contribution is -2.46. The molecule has 3 amide bonds. The number of amides is 3. The summed E-state index contributed by atoms with van der Waals surface area (Å²) in [5.41, 5.74) is 5.30. The molecule has 0 spiro atoms. The van der Waals surface area contributed by atoms with Crippen LogP contribution in [0.3, 0.4) is 0 Å². The molecule has 23 heavy (non-hydrogen) atoms. The minimum atomic E-state index is -0.656. The van der Waals surface area contributed by atoms with Gasteiger partial charge in [-0.05, 0) is 12.1 Å². The summed E-state index contributed by atoms with van der Waals surface area (Å²) < 4.78 is 18.5. The van der Waals surface area contributed by atoms with Crippen LogP contribution >= 0.6 is 0 Å². The highest BCUT2D eigenvalue weighted by Crippen LogP contribution is 2.18. The van der Waals surface area contributed by atoms with Gasteiger partial charge in [-0.3, -0.25) is 14.4 Å². The molecule has 3 N–H and O–H groups in total. The van der Waals surface area contributed by atoms with E-state index >= 15 is 0 Å². The molecule has 7 nitrogen and oxygen atoms in total. The molecule has 1 aliphatic rings. The van der Waals surface area contributed by atoms with Crippen molar-refractivity contribution in [3.63, 3.8) is 0 Å². The number of hydrogen-bond donors (Lipinski definition) is 2. The summed E-state index contributed by atoms with van der Waals surface area (Å²) in [7, 11) is 0. The first-order valence-electron chi connectivity index (χ1n) is 7.10. The number of para-hydroxylation sites is 1. The van der Waals surface area contributed by atoms with Gasteiger partial charge in [-0.2, -0.15) is 0 Å². The summed E-state index contributed by atoms with van der Waals surface area (Å²) in [6.45, 7) is 1.35. The van der Waals surface area contributed by atoms with Crippen molar-refractivity contribution in [2.45, 2.75) is 13.0 Å². The molecule has 1 saturated heterocycles. The second kappa shape index (κ2) is 7.08. The quantitative estimate of drug-likeness (QED) is 0.773. The lowest BCUT2D eigenvalue weighted by atomic mass is 10.0. The van der Waals surface area contributed by atoms with E-state index in [1.807, 2.05) is 0 Å². The van der Waals surface area contributed by atoms with Crippen LogP contribution in [0.1, 0.15) is 6.92 Å². The number of likely N-dealkylation sites (tertiary alicyclic amines) is 1. The SMILES string of the molecule is CC(=O)N1C[C@H](NC(=O)COc2ccccc2F)[C@H](C(N)=O)C1. The van der Waals surface area contributed by atoms with E-state index in [2.05, 4.69) is 5.32 Å². The van der Waals surface area contributed by atoms with E-state index in [1.165, 1.54) is 30.0 Å². The molecule has 124 valence electrons. The van der Waals surface area contributed by atoms with Gasteiger partial charge in [-0.25, -0.2) is 4.39 Å². The topological polar surface area (TPSA) is 102 Å². The van der Waals surface area contributed by atoms with Gasteiger partial charge in [0.15, 0.2) is 18.2 Å². The average Bonchev–Trinajstić information content (AvgIpc) is 2.90. The third-order valence-electron chi connectivity index (χ3n) is 3.67. The van der Waals surface area contributed by atoms with Gasteiger partial charge in [0.2, 0.25) is 11.8 Å². The van der Waals surface area contributed by atoms with Crippen LogP contribution in [0.25, 0.3) is 0 Å². The second-order valence-corrected chi connectivity index (χ2v) is 5.33. The molecule has 0 saturated carbocycles. The first kappa shape index (κ1) is 16.7. The van der Waals surface area contributed by atoms with Crippen LogP contribution < -0.4 is 15.8 Å². The molecule has 1 aromatic rings. The number of nitrogens with one attached hydrogen (secondary N) is 1. The van der Waals surface area contributed by atoms with Crippen molar-refractivity contribution in [2.24, 2.45) is 11.7 Å². The highest BCUT2D eigenvalue weighted by atomic mass is 19.1. The van der Waals surface area contributed by atoms with Crippen LogP contribution in [0, 0.1) is 11.7 Å². The van der Waals surface area contributed by atoms with Gasteiger partial charge in [0.05, 0.1) is 12.0 Å². The van der Waals surface area contributed by atoms with Gasteiger partial charge < -0.3 is 20.7 Å². The Morgan fingerprint density at radius 3 is 2.65 bits per heavy atom. The fraction of sp³-hybridized carbons (Fsp3) is 0.400. The molecule has 0 radical (unpaired) electrons. The van der Waals surface area contributed by atoms with E-state index < -0.39 is 36.2 Å². The largest absolute Gasteiger partial charge is 0.481 e. The summed E-state index contributed by atoms with van der Waals surface area (Å²) in [6.07, 6.45) is 0. The molecule has 0 unspecified atom stereocenters.